The van der Waals surface area contributed by atoms with E-state index in [4.69, 9.17) is 9.31 Å². The predicted molar refractivity (Wildman–Crippen MR) is 135 cm³/mol. The van der Waals surface area contributed by atoms with Gasteiger partial charge in [0, 0.05) is 0 Å². The van der Waals surface area contributed by atoms with E-state index >= 15 is 0 Å². The standard InChI is InChI=1S/C28H37BO2/c1-25(2,3)20-13-11-18-15-19-12-14-21(26(4,5)6)17-23(19)24(22(18)16-20)29-30-27(7,8)28(9,10)31-29/h11-17H,1-10H3. The molecule has 1 aliphatic heterocycles. The topological polar surface area (TPSA) is 18.5 Å². The molecule has 0 amide bonds. The van der Waals surface area contributed by atoms with Crippen LogP contribution in [0, 0.1) is 0 Å². The maximum atomic E-state index is 6.60. The molecule has 31 heavy (non-hydrogen) atoms. The van der Waals surface area contributed by atoms with Gasteiger partial charge in [0.1, 0.15) is 0 Å². The molecule has 2 nitrogen and oxygen atoms in total. The number of fused-ring (bicyclic) bond motifs is 2. The van der Waals surface area contributed by atoms with E-state index in [1.54, 1.807) is 0 Å². The predicted octanol–water partition coefficient (Wildman–Crippen LogP) is 6.89. The molecule has 4 rings (SSSR count). The molecule has 1 heterocycles. The molecule has 0 saturated carbocycles. The molecule has 0 aromatic heterocycles. The summed E-state index contributed by atoms with van der Waals surface area (Å²) in [7, 11) is -0.401. The molecular formula is C28H37BO2. The number of hydrogen-bond donors (Lipinski definition) is 0. The maximum absolute atomic E-state index is 6.60. The summed E-state index contributed by atoms with van der Waals surface area (Å²) in [5, 5.41) is 4.91. The van der Waals surface area contributed by atoms with Crippen LogP contribution in [0.4, 0.5) is 0 Å². The largest absolute Gasteiger partial charge is 0.496 e. The van der Waals surface area contributed by atoms with E-state index in [0.717, 1.165) is 5.46 Å². The van der Waals surface area contributed by atoms with Crippen molar-refractivity contribution in [2.24, 2.45) is 0 Å². The van der Waals surface area contributed by atoms with Crippen LogP contribution >= 0.6 is 0 Å². The minimum absolute atomic E-state index is 0.0730. The molecule has 0 atom stereocenters. The van der Waals surface area contributed by atoms with Gasteiger partial charge in [-0.3, -0.25) is 0 Å². The van der Waals surface area contributed by atoms with Gasteiger partial charge < -0.3 is 9.31 Å². The lowest BCUT2D eigenvalue weighted by Crippen LogP contribution is -2.41. The molecule has 1 fully saturated rings. The van der Waals surface area contributed by atoms with Crippen LogP contribution in [0.25, 0.3) is 21.5 Å². The van der Waals surface area contributed by atoms with E-state index in [2.05, 4.69) is 112 Å². The van der Waals surface area contributed by atoms with Crippen molar-refractivity contribution in [1.82, 2.24) is 0 Å². The van der Waals surface area contributed by atoms with Crippen LogP contribution in [-0.2, 0) is 20.1 Å². The lowest BCUT2D eigenvalue weighted by atomic mass is 9.71. The van der Waals surface area contributed by atoms with Crippen LogP contribution in [0.15, 0.2) is 42.5 Å². The quantitative estimate of drug-likeness (QED) is 0.318. The van der Waals surface area contributed by atoms with Gasteiger partial charge in [0.05, 0.1) is 11.2 Å². The minimum atomic E-state index is -0.401. The summed E-state index contributed by atoms with van der Waals surface area (Å²) in [6.45, 7) is 22.1. The molecule has 0 bridgehead atoms. The van der Waals surface area contributed by atoms with Crippen molar-refractivity contribution < 1.29 is 9.31 Å². The smallest absolute Gasteiger partial charge is 0.399 e. The lowest BCUT2D eigenvalue weighted by molar-refractivity contribution is 0.00578. The molecule has 0 spiro atoms. The summed E-state index contributed by atoms with van der Waals surface area (Å²) < 4.78 is 13.2. The summed E-state index contributed by atoms with van der Waals surface area (Å²) >= 11 is 0. The zero-order valence-electron chi connectivity index (χ0n) is 20.9. The highest BCUT2D eigenvalue weighted by Gasteiger charge is 2.52. The van der Waals surface area contributed by atoms with E-state index in [0.29, 0.717) is 0 Å². The second kappa shape index (κ2) is 6.83. The van der Waals surface area contributed by atoms with Crippen LogP contribution in [0.1, 0.15) is 80.4 Å². The fourth-order valence-corrected chi connectivity index (χ4v) is 4.29. The first-order valence-corrected chi connectivity index (χ1v) is 11.5. The molecule has 0 aliphatic carbocycles. The summed E-state index contributed by atoms with van der Waals surface area (Å²) in [6.07, 6.45) is 0. The third-order valence-electron chi connectivity index (χ3n) is 7.22. The van der Waals surface area contributed by atoms with Gasteiger partial charge >= 0.3 is 7.12 Å². The highest BCUT2D eigenvalue weighted by molar-refractivity contribution is 6.68. The third-order valence-corrected chi connectivity index (χ3v) is 7.22. The average Bonchev–Trinajstić information content (AvgIpc) is 2.84. The molecule has 1 saturated heterocycles. The van der Waals surface area contributed by atoms with Gasteiger partial charge in [-0.1, -0.05) is 77.9 Å². The first kappa shape index (κ1) is 22.4. The summed E-state index contributed by atoms with van der Waals surface area (Å²) in [5.41, 5.74) is 3.19. The first-order chi connectivity index (χ1) is 14.1. The monoisotopic (exact) mass is 416 g/mol. The Hall–Kier alpha value is -1.84. The average molecular weight is 416 g/mol. The lowest BCUT2D eigenvalue weighted by Gasteiger charge is -2.32. The van der Waals surface area contributed by atoms with Crippen molar-refractivity contribution in [1.29, 1.82) is 0 Å². The molecule has 1 aliphatic rings. The van der Waals surface area contributed by atoms with Gasteiger partial charge in [-0.05, 0) is 82.7 Å². The fourth-order valence-electron chi connectivity index (χ4n) is 4.29. The van der Waals surface area contributed by atoms with Crippen LogP contribution in [0.2, 0.25) is 0 Å². The molecular weight excluding hydrogens is 379 g/mol. The summed E-state index contributed by atoms with van der Waals surface area (Å²) in [5.74, 6) is 0. The molecule has 3 aromatic carbocycles. The maximum Gasteiger partial charge on any atom is 0.496 e. The summed E-state index contributed by atoms with van der Waals surface area (Å²) in [4.78, 5) is 0. The molecule has 3 aromatic rings. The fraction of sp³-hybridized carbons (Fsp3) is 0.500. The zero-order chi connectivity index (χ0) is 23.0. The Bertz CT molecular complexity index is 1070. The number of benzene rings is 3. The van der Waals surface area contributed by atoms with Gasteiger partial charge in [0.25, 0.3) is 0 Å². The van der Waals surface area contributed by atoms with Crippen LogP contribution in [0.3, 0.4) is 0 Å². The van der Waals surface area contributed by atoms with Crippen LogP contribution in [0.5, 0.6) is 0 Å². The van der Waals surface area contributed by atoms with E-state index in [1.165, 1.54) is 32.7 Å². The van der Waals surface area contributed by atoms with Crippen molar-refractivity contribution in [2.75, 3.05) is 0 Å². The van der Waals surface area contributed by atoms with E-state index in [9.17, 15) is 0 Å². The Balaban J connectivity index is 2.08. The molecule has 164 valence electrons. The molecule has 3 heteroatoms. The minimum Gasteiger partial charge on any atom is -0.399 e. The van der Waals surface area contributed by atoms with Gasteiger partial charge in [-0.25, -0.2) is 0 Å². The molecule has 0 unspecified atom stereocenters. The highest BCUT2D eigenvalue weighted by atomic mass is 16.7. The molecule has 0 radical (unpaired) electrons. The van der Waals surface area contributed by atoms with Crippen molar-refractivity contribution in [3.8, 4) is 0 Å². The van der Waals surface area contributed by atoms with Gasteiger partial charge in [-0.2, -0.15) is 0 Å². The Kier molecular flexibility index (Phi) is 4.93. The Morgan fingerprint density at radius 2 is 1.00 bits per heavy atom. The van der Waals surface area contributed by atoms with Gasteiger partial charge in [-0.15, -0.1) is 0 Å². The Labute approximate surface area is 188 Å². The van der Waals surface area contributed by atoms with E-state index in [-0.39, 0.29) is 22.0 Å². The zero-order valence-corrected chi connectivity index (χ0v) is 20.9. The summed E-state index contributed by atoms with van der Waals surface area (Å²) in [6, 6.07) is 16.0. The normalized spacial score (nSPS) is 18.8. The van der Waals surface area contributed by atoms with Crippen molar-refractivity contribution in [2.45, 2.75) is 91.3 Å². The molecule has 0 N–H and O–H groups in total. The Morgan fingerprint density at radius 1 is 0.613 bits per heavy atom. The third kappa shape index (κ3) is 3.81. The van der Waals surface area contributed by atoms with E-state index < -0.39 is 7.12 Å². The first-order valence-electron chi connectivity index (χ1n) is 11.5. The SMILES string of the molecule is CC(C)(C)c1ccc2cc3ccc(C(C)(C)C)cc3c(B3OC(C)(C)C(C)(C)O3)c2c1. The highest BCUT2D eigenvalue weighted by Crippen LogP contribution is 2.39. The van der Waals surface area contributed by atoms with Crippen LogP contribution < -0.4 is 5.46 Å². The van der Waals surface area contributed by atoms with E-state index in [1.807, 2.05) is 0 Å². The second-order valence-corrected chi connectivity index (χ2v) is 12.3. The van der Waals surface area contributed by atoms with Gasteiger partial charge in [0.15, 0.2) is 0 Å². The Morgan fingerprint density at radius 3 is 1.35 bits per heavy atom. The van der Waals surface area contributed by atoms with Gasteiger partial charge in [0.2, 0.25) is 0 Å². The van der Waals surface area contributed by atoms with Crippen molar-refractivity contribution >= 4 is 34.1 Å². The van der Waals surface area contributed by atoms with Crippen LogP contribution in [-0.4, -0.2) is 18.3 Å². The van der Waals surface area contributed by atoms with Crippen molar-refractivity contribution in [3.05, 3.63) is 53.6 Å². The second-order valence-electron chi connectivity index (χ2n) is 12.3. The number of hydrogen-bond acceptors (Lipinski definition) is 2. The number of rotatable bonds is 1. The van der Waals surface area contributed by atoms with Crippen molar-refractivity contribution in [3.63, 3.8) is 0 Å².